The molecule has 0 saturated heterocycles. The fourth-order valence-corrected chi connectivity index (χ4v) is 3.67. The summed E-state index contributed by atoms with van der Waals surface area (Å²) in [5.41, 5.74) is 1.83. The molecule has 0 unspecified atom stereocenters. The number of rotatable bonds is 5. The standard InChI is InChI=1S/C22H23FN4O2/c1-14-7-9-15(10-8-14)16-11-12-19(18(23)13-16)25-20(28)21-26-27-22(29-21)24-17-5-3-2-4-6-17/h2-6,11-15H,7-10H2,1H3,(H,24,27)(H,25,28). The van der Waals surface area contributed by atoms with E-state index < -0.39 is 11.7 Å². The van der Waals surface area contributed by atoms with Crippen LogP contribution in [-0.2, 0) is 0 Å². The Hall–Kier alpha value is -3.22. The number of anilines is 3. The summed E-state index contributed by atoms with van der Waals surface area (Å²) < 4.78 is 19.9. The highest BCUT2D eigenvalue weighted by atomic mass is 19.1. The van der Waals surface area contributed by atoms with Gasteiger partial charge in [0.1, 0.15) is 5.82 Å². The Morgan fingerprint density at radius 1 is 1.07 bits per heavy atom. The van der Waals surface area contributed by atoms with E-state index in [9.17, 15) is 9.18 Å². The van der Waals surface area contributed by atoms with E-state index in [4.69, 9.17) is 4.42 Å². The van der Waals surface area contributed by atoms with E-state index in [-0.39, 0.29) is 17.6 Å². The first-order chi connectivity index (χ1) is 14.1. The average molecular weight is 394 g/mol. The first-order valence-corrected chi connectivity index (χ1v) is 9.85. The maximum absolute atomic E-state index is 14.6. The number of amides is 1. The van der Waals surface area contributed by atoms with Crippen molar-refractivity contribution in [2.24, 2.45) is 5.92 Å². The molecule has 1 saturated carbocycles. The second-order valence-electron chi connectivity index (χ2n) is 7.55. The number of benzene rings is 2. The maximum Gasteiger partial charge on any atom is 0.320 e. The van der Waals surface area contributed by atoms with E-state index in [0.717, 1.165) is 30.0 Å². The van der Waals surface area contributed by atoms with Crippen molar-refractivity contribution in [3.63, 3.8) is 0 Å². The molecular formula is C22H23FN4O2. The Bertz CT molecular complexity index is 981. The molecule has 0 aliphatic heterocycles. The third-order valence-corrected chi connectivity index (χ3v) is 5.37. The van der Waals surface area contributed by atoms with Gasteiger partial charge in [-0.15, -0.1) is 5.10 Å². The van der Waals surface area contributed by atoms with E-state index in [2.05, 4.69) is 27.8 Å². The summed E-state index contributed by atoms with van der Waals surface area (Å²) in [5, 5.41) is 12.9. The zero-order valence-electron chi connectivity index (χ0n) is 16.2. The molecule has 4 rings (SSSR count). The molecule has 7 heteroatoms. The highest BCUT2D eigenvalue weighted by molar-refractivity contribution is 6.01. The van der Waals surface area contributed by atoms with Crippen molar-refractivity contribution in [2.75, 3.05) is 10.6 Å². The van der Waals surface area contributed by atoms with E-state index in [1.165, 1.54) is 18.9 Å². The van der Waals surface area contributed by atoms with Crippen LogP contribution in [0.25, 0.3) is 0 Å². The Balaban J connectivity index is 1.41. The SMILES string of the molecule is CC1CCC(c2ccc(NC(=O)c3nnc(Nc4ccccc4)o3)c(F)c2)CC1. The molecule has 0 spiro atoms. The first kappa shape index (κ1) is 19.1. The van der Waals surface area contributed by atoms with E-state index in [0.29, 0.717) is 5.92 Å². The quantitative estimate of drug-likeness (QED) is 0.597. The molecule has 1 aliphatic carbocycles. The number of carbonyl (C=O) groups excluding carboxylic acids is 1. The van der Waals surface area contributed by atoms with Crippen molar-refractivity contribution in [3.05, 3.63) is 65.8 Å². The van der Waals surface area contributed by atoms with Crippen LogP contribution in [0.2, 0.25) is 0 Å². The van der Waals surface area contributed by atoms with Gasteiger partial charge in [-0.05, 0) is 54.5 Å². The van der Waals surface area contributed by atoms with Crippen molar-refractivity contribution in [1.82, 2.24) is 10.2 Å². The number of carbonyl (C=O) groups is 1. The monoisotopic (exact) mass is 394 g/mol. The number of hydrogen-bond donors (Lipinski definition) is 2. The summed E-state index contributed by atoms with van der Waals surface area (Å²) in [5.74, 6) is -0.236. The number of aromatic nitrogens is 2. The van der Waals surface area contributed by atoms with Crippen molar-refractivity contribution in [3.8, 4) is 0 Å². The predicted octanol–water partition coefficient (Wildman–Crippen LogP) is 5.50. The maximum atomic E-state index is 14.6. The molecule has 1 fully saturated rings. The van der Waals surface area contributed by atoms with Crippen molar-refractivity contribution in [1.29, 1.82) is 0 Å². The minimum Gasteiger partial charge on any atom is -0.399 e. The normalized spacial score (nSPS) is 19.0. The van der Waals surface area contributed by atoms with Gasteiger partial charge in [-0.25, -0.2) is 4.39 Å². The topological polar surface area (TPSA) is 80.0 Å². The van der Waals surface area contributed by atoms with Crippen LogP contribution in [0.1, 0.15) is 54.8 Å². The molecule has 6 nitrogen and oxygen atoms in total. The van der Waals surface area contributed by atoms with Gasteiger partial charge in [0.15, 0.2) is 0 Å². The lowest BCUT2D eigenvalue weighted by molar-refractivity contribution is 0.0990. The zero-order valence-corrected chi connectivity index (χ0v) is 16.2. The molecular weight excluding hydrogens is 371 g/mol. The molecule has 1 heterocycles. The van der Waals surface area contributed by atoms with Gasteiger partial charge in [-0.3, -0.25) is 4.79 Å². The Kier molecular flexibility index (Phi) is 5.55. The van der Waals surface area contributed by atoms with Crippen LogP contribution in [0.15, 0.2) is 52.9 Å². The predicted molar refractivity (Wildman–Crippen MR) is 109 cm³/mol. The van der Waals surface area contributed by atoms with Crippen molar-refractivity contribution >= 4 is 23.3 Å². The Morgan fingerprint density at radius 2 is 1.83 bits per heavy atom. The molecule has 2 N–H and O–H groups in total. The Morgan fingerprint density at radius 3 is 2.55 bits per heavy atom. The minimum absolute atomic E-state index is 0.0868. The summed E-state index contributed by atoms with van der Waals surface area (Å²) in [6.45, 7) is 2.26. The van der Waals surface area contributed by atoms with Crippen LogP contribution < -0.4 is 10.6 Å². The highest BCUT2D eigenvalue weighted by Crippen LogP contribution is 2.36. The summed E-state index contributed by atoms with van der Waals surface area (Å²) in [4.78, 5) is 12.4. The molecule has 1 aromatic heterocycles. The van der Waals surface area contributed by atoms with Gasteiger partial charge in [0.2, 0.25) is 0 Å². The van der Waals surface area contributed by atoms with Crippen LogP contribution in [0.3, 0.4) is 0 Å². The summed E-state index contributed by atoms with van der Waals surface area (Å²) in [6, 6.07) is 14.3. The van der Waals surface area contributed by atoms with Gasteiger partial charge in [0.05, 0.1) is 5.69 Å². The van der Waals surface area contributed by atoms with Gasteiger partial charge in [-0.2, -0.15) is 0 Å². The van der Waals surface area contributed by atoms with Gasteiger partial charge in [-0.1, -0.05) is 49.1 Å². The van der Waals surface area contributed by atoms with Crippen LogP contribution in [0.4, 0.5) is 21.8 Å². The first-order valence-electron chi connectivity index (χ1n) is 9.85. The van der Waals surface area contributed by atoms with Crippen LogP contribution in [0.5, 0.6) is 0 Å². The van der Waals surface area contributed by atoms with Gasteiger partial charge in [0.25, 0.3) is 0 Å². The molecule has 29 heavy (non-hydrogen) atoms. The molecule has 0 radical (unpaired) electrons. The highest BCUT2D eigenvalue weighted by Gasteiger charge is 2.22. The number of nitrogens with one attached hydrogen (secondary N) is 2. The molecule has 150 valence electrons. The van der Waals surface area contributed by atoms with Crippen molar-refractivity contribution < 1.29 is 13.6 Å². The lowest BCUT2D eigenvalue weighted by Gasteiger charge is -2.26. The minimum atomic E-state index is -0.656. The number of para-hydroxylation sites is 1. The van der Waals surface area contributed by atoms with Crippen LogP contribution in [0, 0.1) is 11.7 Å². The van der Waals surface area contributed by atoms with Crippen LogP contribution in [-0.4, -0.2) is 16.1 Å². The molecule has 3 aromatic rings. The number of hydrogen-bond acceptors (Lipinski definition) is 5. The van der Waals surface area contributed by atoms with Gasteiger partial charge in [0, 0.05) is 5.69 Å². The van der Waals surface area contributed by atoms with Crippen molar-refractivity contribution in [2.45, 2.75) is 38.5 Å². The van der Waals surface area contributed by atoms with Gasteiger partial charge >= 0.3 is 17.8 Å². The third-order valence-electron chi connectivity index (χ3n) is 5.37. The molecule has 0 bridgehead atoms. The lowest BCUT2D eigenvalue weighted by atomic mass is 9.79. The lowest BCUT2D eigenvalue weighted by Crippen LogP contribution is -2.14. The molecule has 1 amide bonds. The molecule has 1 aliphatic rings. The summed E-state index contributed by atoms with van der Waals surface area (Å²) in [7, 11) is 0. The fraction of sp³-hybridized carbons (Fsp3) is 0.318. The Labute approximate surface area is 168 Å². The van der Waals surface area contributed by atoms with E-state index in [1.54, 1.807) is 6.07 Å². The largest absolute Gasteiger partial charge is 0.399 e. The molecule has 0 atom stereocenters. The smallest absolute Gasteiger partial charge is 0.320 e. The van der Waals surface area contributed by atoms with Gasteiger partial charge < -0.3 is 15.1 Å². The third kappa shape index (κ3) is 4.62. The van der Waals surface area contributed by atoms with Crippen LogP contribution >= 0.6 is 0 Å². The summed E-state index contributed by atoms with van der Waals surface area (Å²) in [6.07, 6.45) is 4.49. The number of halogens is 1. The second kappa shape index (κ2) is 8.43. The zero-order chi connectivity index (χ0) is 20.2. The fourth-order valence-electron chi connectivity index (χ4n) is 3.67. The molecule has 2 aromatic carbocycles. The summed E-state index contributed by atoms with van der Waals surface area (Å²) >= 11 is 0. The van der Waals surface area contributed by atoms with E-state index >= 15 is 0 Å². The number of nitrogens with zero attached hydrogens (tertiary/aromatic N) is 2. The average Bonchev–Trinajstić information content (AvgIpc) is 3.19. The second-order valence-corrected chi connectivity index (χ2v) is 7.55. The van der Waals surface area contributed by atoms with E-state index in [1.807, 2.05) is 36.4 Å².